The van der Waals surface area contributed by atoms with Gasteiger partial charge < -0.3 is 20.9 Å². The summed E-state index contributed by atoms with van der Waals surface area (Å²) >= 11 is 0. The van der Waals surface area contributed by atoms with Crippen molar-refractivity contribution < 1.29 is 9.18 Å². The van der Waals surface area contributed by atoms with E-state index in [9.17, 15) is 9.18 Å². The van der Waals surface area contributed by atoms with Crippen molar-refractivity contribution in [3.8, 4) is 0 Å². The van der Waals surface area contributed by atoms with Crippen LogP contribution in [0.15, 0.2) is 24.5 Å². The Morgan fingerprint density at radius 2 is 2.00 bits per heavy atom. The first-order valence-corrected chi connectivity index (χ1v) is 9.70. The third-order valence-corrected chi connectivity index (χ3v) is 5.05. The molecule has 0 aliphatic carbocycles. The molecule has 1 aromatic carbocycles. The second-order valence-corrected chi connectivity index (χ2v) is 7.22. The Hall–Kier alpha value is -3.56. The van der Waals surface area contributed by atoms with E-state index >= 15 is 0 Å². The number of hydrogen-bond acceptors (Lipinski definition) is 8. The van der Waals surface area contributed by atoms with Crippen molar-refractivity contribution in [3.05, 3.63) is 41.5 Å². The minimum absolute atomic E-state index is 0.0686. The summed E-state index contributed by atoms with van der Waals surface area (Å²) in [4.78, 5) is 31.1. The average Bonchev–Trinajstić information content (AvgIpc) is 2.74. The van der Waals surface area contributed by atoms with Crippen LogP contribution in [0.3, 0.4) is 0 Å². The number of amides is 1. The summed E-state index contributed by atoms with van der Waals surface area (Å²) in [5.74, 6) is 1.14. The molecule has 4 rings (SSSR count). The van der Waals surface area contributed by atoms with Crippen LogP contribution in [-0.4, -0.2) is 52.5 Å². The summed E-state index contributed by atoms with van der Waals surface area (Å²) in [6.07, 6.45) is 1.43. The molecule has 1 unspecified atom stereocenters. The van der Waals surface area contributed by atoms with Gasteiger partial charge in [0.2, 0.25) is 17.8 Å². The van der Waals surface area contributed by atoms with E-state index in [1.54, 1.807) is 20.0 Å². The highest BCUT2D eigenvalue weighted by Gasteiger charge is 2.24. The number of carbonyl (C=O) groups excluding carboxylic acids is 1. The lowest BCUT2D eigenvalue weighted by atomic mass is 10.0. The van der Waals surface area contributed by atoms with Crippen molar-refractivity contribution in [3.63, 3.8) is 0 Å². The molecule has 1 fully saturated rings. The molecule has 1 aliphatic heterocycles. The zero-order chi connectivity index (χ0) is 21.3. The van der Waals surface area contributed by atoms with Crippen molar-refractivity contribution in [2.45, 2.75) is 19.9 Å². The van der Waals surface area contributed by atoms with Crippen LogP contribution in [-0.2, 0) is 4.79 Å². The first kappa shape index (κ1) is 19.7. The number of anilines is 3. The topological polar surface area (TPSA) is 108 Å². The molecule has 1 saturated heterocycles. The van der Waals surface area contributed by atoms with Crippen LogP contribution in [0.2, 0.25) is 0 Å². The SMILES string of the molecule is CNc1ncnc(NC(C)c2cc3cc(C)c(F)cc3nc2N2CCNC(=O)C2)n1. The quantitative estimate of drug-likeness (QED) is 0.586. The zero-order valence-electron chi connectivity index (χ0n) is 17.0. The van der Waals surface area contributed by atoms with Crippen molar-refractivity contribution >= 4 is 34.5 Å². The Kier molecular flexibility index (Phi) is 5.30. The monoisotopic (exact) mass is 410 g/mol. The van der Waals surface area contributed by atoms with Crippen molar-refractivity contribution in [2.75, 3.05) is 42.2 Å². The number of nitrogens with zero attached hydrogens (tertiary/aromatic N) is 5. The molecule has 9 nitrogen and oxygen atoms in total. The number of benzene rings is 1. The van der Waals surface area contributed by atoms with Crippen molar-refractivity contribution in [2.24, 2.45) is 0 Å². The van der Waals surface area contributed by atoms with Gasteiger partial charge in [0.25, 0.3) is 0 Å². The second kappa shape index (κ2) is 8.05. The largest absolute Gasteiger partial charge is 0.357 e. The van der Waals surface area contributed by atoms with Gasteiger partial charge in [-0.25, -0.2) is 19.3 Å². The molecule has 1 aliphatic rings. The summed E-state index contributed by atoms with van der Waals surface area (Å²) in [6.45, 7) is 5.04. The lowest BCUT2D eigenvalue weighted by molar-refractivity contribution is -0.120. The molecular formula is C20H23FN8O. The van der Waals surface area contributed by atoms with E-state index < -0.39 is 0 Å². The highest BCUT2D eigenvalue weighted by Crippen LogP contribution is 2.31. The Labute approximate surface area is 173 Å². The number of carbonyl (C=O) groups is 1. The van der Waals surface area contributed by atoms with Crippen LogP contribution in [0.25, 0.3) is 10.9 Å². The highest BCUT2D eigenvalue weighted by atomic mass is 19.1. The third-order valence-electron chi connectivity index (χ3n) is 5.05. The number of hydrogen-bond donors (Lipinski definition) is 3. The summed E-state index contributed by atoms with van der Waals surface area (Å²) in [5.41, 5.74) is 1.97. The molecule has 2 aromatic heterocycles. The number of pyridine rings is 1. The third kappa shape index (κ3) is 3.93. The van der Waals surface area contributed by atoms with Gasteiger partial charge in [-0.1, -0.05) is 0 Å². The van der Waals surface area contributed by atoms with Gasteiger partial charge in [0, 0.05) is 37.2 Å². The molecule has 3 heterocycles. The molecule has 30 heavy (non-hydrogen) atoms. The van der Waals surface area contributed by atoms with E-state index in [4.69, 9.17) is 4.98 Å². The molecular weight excluding hydrogens is 387 g/mol. The number of aryl methyl sites for hydroxylation is 1. The Morgan fingerprint density at radius 1 is 1.20 bits per heavy atom. The number of aromatic nitrogens is 4. The molecule has 1 atom stereocenters. The van der Waals surface area contributed by atoms with Crippen LogP contribution in [0.5, 0.6) is 0 Å². The molecule has 3 N–H and O–H groups in total. The summed E-state index contributed by atoms with van der Waals surface area (Å²) in [5, 5.41) is 9.80. The predicted octanol–water partition coefficient (Wildman–Crippen LogP) is 2.02. The molecule has 0 bridgehead atoms. The van der Waals surface area contributed by atoms with Gasteiger partial charge in [-0.15, -0.1) is 0 Å². The van der Waals surface area contributed by atoms with E-state index in [0.29, 0.717) is 41.9 Å². The van der Waals surface area contributed by atoms with Crippen LogP contribution in [0.1, 0.15) is 24.1 Å². The summed E-state index contributed by atoms with van der Waals surface area (Å²) in [7, 11) is 1.73. The summed E-state index contributed by atoms with van der Waals surface area (Å²) < 4.78 is 14.1. The molecule has 156 valence electrons. The van der Waals surface area contributed by atoms with E-state index in [1.165, 1.54) is 12.4 Å². The maximum Gasteiger partial charge on any atom is 0.239 e. The molecule has 1 amide bonds. The lowest BCUT2D eigenvalue weighted by Crippen LogP contribution is -2.48. The van der Waals surface area contributed by atoms with Crippen LogP contribution >= 0.6 is 0 Å². The minimum Gasteiger partial charge on any atom is -0.357 e. The van der Waals surface area contributed by atoms with Crippen LogP contribution < -0.4 is 20.9 Å². The molecule has 0 saturated carbocycles. The zero-order valence-corrected chi connectivity index (χ0v) is 17.0. The Balaban J connectivity index is 1.77. The standard InChI is InChI=1S/C20H23FN8O/c1-11-6-13-7-14(12(2)26-20-25-10-24-19(22-3)28-20)18(27-16(13)8-15(11)21)29-5-4-23-17(30)9-29/h6-8,10,12H,4-5,9H2,1-3H3,(H,23,30)(H2,22,24,25,26,28). The van der Waals surface area contributed by atoms with Gasteiger partial charge in [-0.2, -0.15) is 4.98 Å². The number of halogens is 1. The van der Waals surface area contributed by atoms with Crippen molar-refractivity contribution in [1.82, 2.24) is 25.3 Å². The normalized spacial score (nSPS) is 15.1. The molecule has 0 spiro atoms. The molecule has 3 aromatic rings. The minimum atomic E-state index is -0.305. The number of rotatable bonds is 5. The summed E-state index contributed by atoms with van der Waals surface area (Å²) in [6, 6.07) is 4.97. The van der Waals surface area contributed by atoms with E-state index in [-0.39, 0.29) is 24.3 Å². The second-order valence-electron chi connectivity index (χ2n) is 7.22. The Bertz CT molecular complexity index is 1110. The van der Waals surface area contributed by atoms with Crippen LogP contribution in [0, 0.1) is 12.7 Å². The molecule has 10 heteroatoms. The van der Waals surface area contributed by atoms with E-state index in [0.717, 1.165) is 10.9 Å². The fourth-order valence-corrected chi connectivity index (χ4v) is 3.47. The lowest BCUT2D eigenvalue weighted by Gasteiger charge is -2.31. The smallest absolute Gasteiger partial charge is 0.239 e. The highest BCUT2D eigenvalue weighted by molar-refractivity contribution is 5.86. The molecule has 0 radical (unpaired) electrons. The Morgan fingerprint density at radius 3 is 2.77 bits per heavy atom. The van der Waals surface area contributed by atoms with Gasteiger partial charge in [-0.3, -0.25) is 4.79 Å². The number of nitrogens with one attached hydrogen (secondary N) is 3. The van der Waals surface area contributed by atoms with Crippen molar-refractivity contribution in [1.29, 1.82) is 0 Å². The van der Waals surface area contributed by atoms with E-state index in [1.807, 2.05) is 17.9 Å². The fourth-order valence-electron chi connectivity index (χ4n) is 3.47. The van der Waals surface area contributed by atoms with Gasteiger partial charge in [0.15, 0.2) is 0 Å². The first-order chi connectivity index (χ1) is 14.4. The first-order valence-electron chi connectivity index (χ1n) is 9.70. The number of fused-ring (bicyclic) bond motifs is 1. The van der Waals surface area contributed by atoms with Gasteiger partial charge in [-0.05, 0) is 31.5 Å². The maximum atomic E-state index is 14.1. The van der Waals surface area contributed by atoms with E-state index in [2.05, 4.69) is 30.9 Å². The van der Waals surface area contributed by atoms with Crippen LogP contribution in [0.4, 0.5) is 22.1 Å². The number of piperazine rings is 1. The van der Waals surface area contributed by atoms with Gasteiger partial charge in [0.1, 0.15) is 18.0 Å². The maximum absolute atomic E-state index is 14.1. The van der Waals surface area contributed by atoms with Gasteiger partial charge >= 0.3 is 0 Å². The average molecular weight is 410 g/mol. The fraction of sp³-hybridized carbons (Fsp3) is 0.350. The van der Waals surface area contributed by atoms with Gasteiger partial charge in [0.05, 0.1) is 18.1 Å². The predicted molar refractivity (Wildman–Crippen MR) is 113 cm³/mol.